The van der Waals surface area contributed by atoms with Gasteiger partial charge in [-0.3, -0.25) is 0 Å². The van der Waals surface area contributed by atoms with Crippen molar-refractivity contribution in [3.8, 4) is 0 Å². The third kappa shape index (κ3) is 3.98. The molecular weight excluding hydrogens is 295 g/mol. The Morgan fingerprint density at radius 1 is 1.50 bits per heavy atom. The lowest BCUT2D eigenvalue weighted by molar-refractivity contribution is -0.920. The Kier molecular flexibility index (Phi) is 4.93. The molecule has 1 saturated heterocycles. The lowest BCUT2D eigenvalue weighted by Gasteiger charge is -2.40. The first-order valence-electron chi connectivity index (χ1n) is 5.15. The van der Waals surface area contributed by atoms with E-state index in [0.717, 1.165) is 0 Å². The smallest absolute Gasteiger partial charge is 0.341 e. The standard InChI is InChI=1S/C8H14F3NO4S2/c1-12(3-5-17)2-4-15-7(6-12)16-18(13,14)8(9,10)11/h7H,2-6H2,1H3/p+1. The van der Waals surface area contributed by atoms with Crippen LogP contribution in [0.1, 0.15) is 0 Å². The highest BCUT2D eigenvalue weighted by molar-refractivity contribution is 7.87. The number of thiol groups is 1. The van der Waals surface area contributed by atoms with Gasteiger partial charge in [0.25, 0.3) is 0 Å². The van der Waals surface area contributed by atoms with Crippen LogP contribution < -0.4 is 0 Å². The van der Waals surface area contributed by atoms with Crippen LogP contribution in [-0.4, -0.2) is 63.7 Å². The van der Waals surface area contributed by atoms with Gasteiger partial charge in [-0.1, -0.05) is 0 Å². The Hall–Kier alpha value is -0.0300. The van der Waals surface area contributed by atoms with E-state index in [1.54, 1.807) is 7.05 Å². The zero-order valence-electron chi connectivity index (χ0n) is 9.68. The van der Waals surface area contributed by atoms with E-state index in [4.69, 9.17) is 4.74 Å². The molecule has 0 N–H and O–H groups in total. The zero-order valence-corrected chi connectivity index (χ0v) is 11.4. The maximum absolute atomic E-state index is 12.1. The molecule has 0 aliphatic carbocycles. The van der Waals surface area contributed by atoms with Gasteiger partial charge in [-0.2, -0.15) is 34.2 Å². The van der Waals surface area contributed by atoms with Crippen LogP contribution in [0.15, 0.2) is 0 Å². The molecular formula is C8H15F3NO4S2+. The van der Waals surface area contributed by atoms with Gasteiger partial charge in [0.2, 0.25) is 6.29 Å². The highest BCUT2D eigenvalue weighted by atomic mass is 32.2. The number of morpholine rings is 1. The molecule has 0 amide bonds. The molecule has 1 aliphatic rings. The average Bonchev–Trinajstić information content (AvgIpc) is 2.14. The van der Waals surface area contributed by atoms with Gasteiger partial charge in [-0.15, -0.1) is 0 Å². The van der Waals surface area contributed by atoms with E-state index in [1.807, 2.05) is 0 Å². The van der Waals surface area contributed by atoms with E-state index in [9.17, 15) is 21.6 Å². The van der Waals surface area contributed by atoms with Crippen molar-refractivity contribution in [2.24, 2.45) is 0 Å². The summed E-state index contributed by atoms with van der Waals surface area (Å²) in [7, 11) is -3.83. The third-order valence-corrected chi connectivity index (χ3v) is 3.92. The van der Waals surface area contributed by atoms with Gasteiger partial charge in [0.05, 0.1) is 20.2 Å². The molecule has 1 heterocycles. The monoisotopic (exact) mass is 310 g/mol. The predicted octanol–water partition coefficient (Wildman–Crippen LogP) is 0.585. The van der Waals surface area contributed by atoms with Gasteiger partial charge in [-0.05, 0) is 0 Å². The van der Waals surface area contributed by atoms with Crippen molar-refractivity contribution in [1.82, 2.24) is 0 Å². The summed E-state index contributed by atoms with van der Waals surface area (Å²) < 4.78 is 67.5. The minimum absolute atomic E-state index is 0.0376. The molecule has 1 rings (SSSR count). The zero-order chi connectivity index (χ0) is 14.0. The largest absolute Gasteiger partial charge is 0.523 e. The van der Waals surface area contributed by atoms with E-state index in [-0.39, 0.29) is 13.2 Å². The first kappa shape index (κ1) is 16.0. The van der Waals surface area contributed by atoms with E-state index in [2.05, 4.69) is 16.8 Å². The van der Waals surface area contributed by atoms with Crippen LogP contribution in [0.25, 0.3) is 0 Å². The van der Waals surface area contributed by atoms with Crippen LogP contribution in [0.3, 0.4) is 0 Å². The second-order valence-electron chi connectivity index (χ2n) is 4.27. The average molecular weight is 310 g/mol. The van der Waals surface area contributed by atoms with E-state index >= 15 is 0 Å². The van der Waals surface area contributed by atoms with Crippen molar-refractivity contribution in [2.75, 3.05) is 39.0 Å². The Bertz CT molecular complexity index is 382. The maximum Gasteiger partial charge on any atom is 0.523 e. The van der Waals surface area contributed by atoms with Crippen LogP contribution in [-0.2, 0) is 19.0 Å². The fourth-order valence-corrected chi connectivity index (χ4v) is 2.60. The Morgan fingerprint density at radius 2 is 2.11 bits per heavy atom. The molecule has 1 aliphatic heterocycles. The van der Waals surface area contributed by atoms with Gasteiger partial charge in [-0.25, -0.2) is 4.18 Å². The Labute approximate surface area is 109 Å². The van der Waals surface area contributed by atoms with Crippen LogP contribution in [0, 0.1) is 0 Å². The summed E-state index contributed by atoms with van der Waals surface area (Å²) in [6.07, 6.45) is -1.41. The summed E-state index contributed by atoms with van der Waals surface area (Å²) in [5, 5.41) is 0. The summed E-state index contributed by atoms with van der Waals surface area (Å²) in [4.78, 5) is 0. The van der Waals surface area contributed by atoms with Crippen molar-refractivity contribution >= 4 is 22.7 Å². The fourth-order valence-electron chi connectivity index (χ4n) is 1.61. The van der Waals surface area contributed by atoms with Crippen molar-refractivity contribution < 1.29 is 35.0 Å². The minimum atomic E-state index is -5.62. The summed E-state index contributed by atoms with van der Waals surface area (Å²) in [5.74, 6) is 0.537. The molecule has 5 nitrogen and oxygen atoms in total. The Morgan fingerprint density at radius 3 is 2.61 bits per heavy atom. The van der Waals surface area contributed by atoms with Crippen LogP contribution in [0.4, 0.5) is 13.2 Å². The molecule has 0 saturated carbocycles. The van der Waals surface area contributed by atoms with Gasteiger partial charge in [0.1, 0.15) is 13.1 Å². The van der Waals surface area contributed by atoms with Crippen molar-refractivity contribution in [3.05, 3.63) is 0 Å². The fraction of sp³-hybridized carbons (Fsp3) is 1.00. The quantitative estimate of drug-likeness (QED) is 0.357. The number of hydrogen-bond acceptors (Lipinski definition) is 5. The predicted molar refractivity (Wildman–Crippen MR) is 60.4 cm³/mol. The maximum atomic E-state index is 12.1. The highest BCUT2D eigenvalue weighted by Gasteiger charge is 2.50. The number of halogens is 3. The second-order valence-corrected chi connectivity index (χ2v) is 6.28. The van der Waals surface area contributed by atoms with Crippen LogP contribution in [0.2, 0.25) is 0 Å². The van der Waals surface area contributed by atoms with E-state index < -0.39 is 21.9 Å². The molecule has 0 aromatic heterocycles. The van der Waals surface area contributed by atoms with Crippen molar-refractivity contribution in [2.45, 2.75) is 11.8 Å². The summed E-state index contributed by atoms with van der Waals surface area (Å²) in [5.41, 5.74) is -5.43. The van der Waals surface area contributed by atoms with Gasteiger partial charge < -0.3 is 9.22 Å². The molecule has 108 valence electrons. The summed E-state index contributed by atoms with van der Waals surface area (Å²) in [6.45, 7) is 1.35. The highest BCUT2D eigenvalue weighted by Crippen LogP contribution is 2.27. The number of quaternary nitrogens is 1. The summed E-state index contributed by atoms with van der Waals surface area (Å²) >= 11 is 4.05. The molecule has 2 unspecified atom stereocenters. The number of hydrogen-bond donors (Lipinski definition) is 1. The molecule has 0 aromatic carbocycles. The van der Waals surface area contributed by atoms with E-state index in [0.29, 0.717) is 23.3 Å². The van der Waals surface area contributed by atoms with Crippen LogP contribution in [0.5, 0.6) is 0 Å². The molecule has 0 aromatic rings. The first-order chi connectivity index (χ1) is 8.10. The minimum Gasteiger partial charge on any atom is -0.341 e. The van der Waals surface area contributed by atoms with Gasteiger partial charge in [0.15, 0.2) is 0 Å². The lowest BCUT2D eigenvalue weighted by Crippen LogP contribution is -2.57. The van der Waals surface area contributed by atoms with Gasteiger partial charge in [0, 0.05) is 5.75 Å². The summed E-state index contributed by atoms with van der Waals surface area (Å²) in [6, 6.07) is 0. The number of rotatable bonds is 4. The molecule has 10 heteroatoms. The second kappa shape index (κ2) is 5.53. The number of nitrogens with zero attached hydrogens (tertiary/aromatic N) is 1. The van der Waals surface area contributed by atoms with E-state index in [1.165, 1.54) is 0 Å². The molecule has 0 bridgehead atoms. The number of alkyl halides is 3. The SMILES string of the molecule is C[N+]1(CCS)CCOC(OS(=O)(=O)C(F)(F)F)C1. The first-order valence-corrected chi connectivity index (χ1v) is 7.19. The van der Waals surface area contributed by atoms with Gasteiger partial charge >= 0.3 is 15.6 Å². The molecule has 18 heavy (non-hydrogen) atoms. The molecule has 0 radical (unpaired) electrons. The van der Waals surface area contributed by atoms with Crippen LogP contribution >= 0.6 is 12.6 Å². The topological polar surface area (TPSA) is 52.6 Å². The van der Waals surface area contributed by atoms with Crippen molar-refractivity contribution in [3.63, 3.8) is 0 Å². The molecule has 0 spiro atoms. The number of likely N-dealkylation sites (N-methyl/N-ethyl adjacent to an activating group) is 1. The Balaban J connectivity index is 2.69. The molecule has 2 atom stereocenters. The normalized spacial score (nSPS) is 30.4. The molecule has 1 fully saturated rings. The lowest BCUT2D eigenvalue weighted by atomic mass is 10.3. The third-order valence-electron chi connectivity index (χ3n) is 2.68. The number of ether oxygens (including phenoxy) is 1. The van der Waals surface area contributed by atoms with Crippen molar-refractivity contribution in [1.29, 1.82) is 0 Å².